The third-order valence-electron chi connectivity index (χ3n) is 4.33. The van der Waals surface area contributed by atoms with Crippen molar-refractivity contribution in [2.45, 2.75) is 32.4 Å². The van der Waals surface area contributed by atoms with E-state index < -0.39 is 0 Å². The maximum atomic E-state index is 11.8. The average Bonchev–Trinajstić information content (AvgIpc) is 2.47. The number of hydrogen-bond donors (Lipinski definition) is 1. The van der Waals surface area contributed by atoms with Gasteiger partial charge in [-0.05, 0) is 56.5 Å². The van der Waals surface area contributed by atoms with Gasteiger partial charge in [-0.25, -0.2) is 0 Å². The third kappa shape index (κ3) is 4.29. The summed E-state index contributed by atoms with van der Waals surface area (Å²) in [6, 6.07) is 7.88. The van der Waals surface area contributed by atoms with Crippen LogP contribution in [0, 0.1) is 5.92 Å². The molecule has 1 atom stereocenters. The summed E-state index contributed by atoms with van der Waals surface area (Å²) in [6.07, 6.45) is 1.94. The van der Waals surface area contributed by atoms with Crippen molar-refractivity contribution in [1.82, 2.24) is 9.80 Å². The molecule has 1 aromatic rings. The van der Waals surface area contributed by atoms with Crippen molar-refractivity contribution in [2.75, 3.05) is 27.2 Å². The number of nitrogens with zero attached hydrogens (tertiary/aromatic N) is 2. The van der Waals surface area contributed by atoms with Crippen LogP contribution in [0.25, 0.3) is 0 Å². The number of piperidine rings is 1. The molecule has 0 bridgehead atoms. The molecule has 1 heterocycles. The van der Waals surface area contributed by atoms with Crippen molar-refractivity contribution in [3.05, 3.63) is 35.4 Å². The summed E-state index contributed by atoms with van der Waals surface area (Å²) in [5.41, 5.74) is 1.97. The van der Waals surface area contributed by atoms with Gasteiger partial charge < -0.3 is 10.0 Å². The van der Waals surface area contributed by atoms with Crippen LogP contribution in [-0.4, -0.2) is 54.1 Å². The van der Waals surface area contributed by atoms with E-state index in [1.165, 1.54) is 5.56 Å². The lowest BCUT2D eigenvalue weighted by atomic mass is 9.92. The van der Waals surface area contributed by atoms with Gasteiger partial charge in [-0.2, -0.15) is 0 Å². The van der Waals surface area contributed by atoms with Gasteiger partial charge in [0, 0.05) is 26.2 Å². The van der Waals surface area contributed by atoms with E-state index in [0.717, 1.165) is 38.0 Å². The SMILES string of the molecule is CC(O)C1CCN(Cc2ccc(C(=O)N(C)C)cc2)CC1. The van der Waals surface area contributed by atoms with Gasteiger partial charge in [0.25, 0.3) is 5.91 Å². The maximum absolute atomic E-state index is 11.8. The van der Waals surface area contributed by atoms with E-state index in [9.17, 15) is 9.90 Å². The lowest BCUT2D eigenvalue weighted by Gasteiger charge is -2.33. The van der Waals surface area contributed by atoms with Crippen molar-refractivity contribution >= 4 is 5.91 Å². The summed E-state index contributed by atoms with van der Waals surface area (Å²) in [4.78, 5) is 15.8. The predicted octanol–water partition coefficient (Wildman–Crippen LogP) is 1.98. The zero-order valence-corrected chi connectivity index (χ0v) is 13.2. The number of aliphatic hydroxyl groups is 1. The molecular formula is C17H26N2O2. The van der Waals surface area contributed by atoms with E-state index in [2.05, 4.69) is 4.90 Å². The molecule has 4 nitrogen and oxygen atoms in total. The number of likely N-dealkylation sites (tertiary alicyclic amines) is 1. The highest BCUT2D eigenvalue weighted by atomic mass is 16.3. The summed E-state index contributed by atoms with van der Waals surface area (Å²) in [5.74, 6) is 0.487. The standard InChI is InChI=1S/C17H26N2O2/c1-13(20)15-8-10-19(11-9-15)12-14-4-6-16(7-5-14)17(21)18(2)3/h4-7,13,15,20H,8-12H2,1-3H3. The van der Waals surface area contributed by atoms with Crippen LogP contribution in [0.15, 0.2) is 24.3 Å². The Kier molecular flexibility index (Phi) is 5.37. The topological polar surface area (TPSA) is 43.8 Å². The Morgan fingerprint density at radius 2 is 1.86 bits per heavy atom. The second kappa shape index (κ2) is 7.05. The molecule has 0 saturated carbocycles. The monoisotopic (exact) mass is 290 g/mol. The fraction of sp³-hybridized carbons (Fsp3) is 0.588. The Morgan fingerprint density at radius 1 is 1.29 bits per heavy atom. The number of carbonyl (C=O) groups excluding carboxylic acids is 1. The largest absolute Gasteiger partial charge is 0.393 e. The smallest absolute Gasteiger partial charge is 0.253 e. The van der Waals surface area contributed by atoms with E-state index in [-0.39, 0.29) is 12.0 Å². The van der Waals surface area contributed by atoms with Gasteiger partial charge in [-0.1, -0.05) is 12.1 Å². The number of benzene rings is 1. The van der Waals surface area contributed by atoms with Crippen LogP contribution < -0.4 is 0 Å². The molecule has 116 valence electrons. The molecule has 2 rings (SSSR count). The van der Waals surface area contributed by atoms with Gasteiger partial charge in [0.1, 0.15) is 0 Å². The van der Waals surface area contributed by atoms with Crippen LogP contribution in [0.1, 0.15) is 35.7 Å². The summed E-state index contributed by atoms with van der Waals surface area (Å²) in [6.45, 7) is 4.88. The molecule has 1 saturated heterocycles. The van der Waals surface area contributed by atoms with E-state index in [4.69, 9.17) is 0 Å². The molecule has 1 aromatic carbocycles. The molecule has 4 heteroatoms. The Balaban J connectivity index is 1.88. The quantitative estimate of drug-likeness (QED) is 0.922. The summed E-state index contributed by atoms with van der Waals surface area (Å²) in [5, 5.41) is 9.63. The second-order valence-corrected chi connectivity index (χ2v) is 6.25. The Labute approximate surface area is 127 Å². The first kappa shape index (κ1) is 16.0. The van der Waals surface area contributed by atoms with E-state index in [1.54, 1.807) is 19.0 Å². The minimum Gasteiger partial charge on any atom is -0.393 e. The zero-order chi connectivity index (χ0) is 15.4. The number of carbonyl (C=O) groups is 1. The lowest BCUT2D eigenvalue weighted by molar-refractivity contribution is 0.0695. The average molecular weight is 290 g/mol. The first-order valence-electron chi connectivity index (χ1n) is 7.68. The van der Waals surface area contributed by atoms with Crippen LogP contribution in [-0.2, 0) is 6.54 Å². The molecule has 1 aliphatic rings. The highest BCUT2D eigenvalue weighted by Gasteiger charge is 2.22. The molecule has 1 unspecified atom stereocenters. The first-order chi connectivity index (χ1) is 9.97. The van der Waals surface area contributed by atoms with E-state index in [0.29, 0.717) is 5.92 Å². The minimum absolute atomic E-state index is 0.0410. The first-order valence-corrected chi connectivity index (χ1v) is 7.68. The Hall–Kier alpha value is -1.39. The fourth-order valence-electron chi connectivity index (χ4n) is 2.86. The Morgan fingerprint density at radius 3 is 2.33 bits per heavy atom. The molecule has 1 aliphatic heterocycles. The molecule has 0 spiro atoms. The normalized spacial score (nSPS) is 18.5. The molecule has 0 aromatic heterocycles. The van der Waals surface area contributed by atoms with Gasteiger partial charge in [0.15, 0.2) is 0 Å². The number of hydrogen-bond acceptors (Lipinski definition) is 3. The highest BCUT2D eigenvalue weighted by Crippen LogP contribution is 2.22. The molecule has 0 radical (unpaired) electrons. The number of aliphatic hydroxyl groups excluding tert-OH is 1. The third-order valence-corrected chi connectivity index (χ3v) is 4.33. The molecule has 21 heavy (non-hydrogen) atoms. The molecule has 1 N–H and O–H groups in total. The molecule has 1 fully saturated rings. The highest BCUT2D eigenvalue weighted by molar-refractivity contribution is 5.93. The van der Waals surface area contributed by atoms with Crippen molar-refractivity contribution in [3.8, 4) is 0 Å². The van der Waals surface area contributed by atoms with Crippen molar-refractivity contribution in [3.63, 3.8) is 0 Å². The summed E-state index contributed by atoms with van der Waals surface area (Å²) in [7, 11) is 3.53. The van der Waals surface area contributed by atoms with Crippen LogP contribution in [0.5, 0.6) is 0 Å². The lowest BCUT2D eigenvalue weighted by Crippen LogP contribution is -2.36. The minimum atomic E-state index is -0.191. The Bertz CT molecular complexity index is 460. The van der Waals surface area contributed by atoms with E-state index >= 15 is 0 Å². The van der Waals surface area contributed by atoms with E-state index in [1.807, 2.05) is 31.2 Å². The zero-order valence-electron chi connectivity index (χ0n) is 13.2. The van der Waals surface area contributed by atoms with Crippen molar-refractivity contribution < 1.29 is 9.90 Å². The number of rotatable bonds is 4. The second-order valence-electron chi connectivity index (χ2n) is 6.25. The van der Waals surface area contributed by atoms with Gasteiger partial charge in [0.05, 0.1) is 6.10 Å². The van der Waals surface area contributed by atoms with Crippen LogP contribution in [0.2, 0.25) is 0 Å². The van der Waals surface area contributed by atoms with Crippen molar-refractivity contribution in [1.29, 1.82) is 0 Å². The van der Waals surface area contributed by atoms with Gasteiger partial charge in [-0.3, -0.25) is 9.69 Å². The van der Waals surface area contributed by atoms with Gasteiger partial charge >= 0.3 is 0 Å². The number of amides is 1. The molecule has 1 amide bonds. The maximum Gasteiger partial charge on any atom is 0.253 e. The fourth-order valence-corrected chi connectivity index (χ4v) is 2.86. The summed E-state index contributed by atoms with van der Waals surface area (Å²) >= 11 is 0. The predicted molar refractivity (Wildman–Crippen MR) is 84.1 cm³/mol. The van der Waals surface area contributed by atoms with Crippen LogP contribution >= 0.6 is 0 Å². The van der Waals surface area contributed by atoms with Gasteiger partial charge in [0.2, 0.25) is 0 Å². The van der Waals surface area contributed by atoms with Crippen molar-refractivity contribution in [2.24, 2.45) is 5.92 Å². The summed E-state index contributed by atoms with van der Waals surface area (Å²) < 4.78 is 0. The van der Waals surface area contributed by atoms with Crippen LogP contribution in [0.4, 0.5) is 0 Å². The van der Waals surface area contributed by atoms with Crippen LogP contribution in [0.3, 0.4) is 0 Å². The van der Waals surface area contributed by atoms with Gasteiger partial charge in [-0.15, -0.1) is 0 Å². The molecule has 0 aliphatic carbocycles. The molecular weight excluding hydrogens is 264 g/mol.